The van der Waals surface area contributed by atoms with Gasteiger partial charge in [0.2, 0.25) is 12.1 Å². The van der Waals surface area contributed by atoms with Crippen LogP contribution in [0.25, 0.3) is 5.57 Å². The molecule has 0 unspecified atom stereocenters. The van der Waals surface area contributed by atoms with E-state index in [-0.39, 0.29) is 23.6 Å². The fourth-order valence-electron chi connectivity index (χ4n) is 4.97. The zero-order valence-electron chi connectivity index (χ0n) is 22.4. The highest BCUT2D eigenvalue weighted by Crippen LogP contribution is 2.40. The standard InChI is InChI=1S/C27H34N4O.C2HF3O/c1-26(2)11-9-19(10-12-26)23-16-21(27(3,4)31-13-5-6-14-31)8-7-20(23)15-24(32)25-29-18-22(17-28)30-25;3-2(4,5)1-6/h7-9,16,18H,5-6,10-15H2,1-4H3,(H,29,30);1H. The number of aromatic amines is 1. The number of nitriles is 1. The van der Waals surface area contributed by atoms with Crippen molar-refractivity contribution in [3.8, 4) is 6.07 Å². The number of imidazole rings is 1. The molecule has 1 aromatic carbocycles. The first-order valence-electron chi connectivity index (χ1n) is 12.8. The number of alkyl halides is 3. The van der Waals surface area contributed by atoms with Crippen LogP contribution >= 0.6 is 0 Å². The molecule has 0 radical (unpaired) electrons. The highest BCUT2D eigenvalue weighted by atomic mass is 19.4. The number of carbonyl (C=O) groups excluding carboxylic acids is 2. The molecule has 0 saturated carbocycles. The summed E-state index contributed by atoms with van der Waals surface area (Å²) in [7, 11) is 0. The molecular formula is C29H35F3N4O2. The number of benzene rings is 1. The Labute approximate surface area is 221 Å². The largest absolute Gasteiger partial charge is 0.446 e. The van der Waals surface area contributed by atoms with E-state index in [0.29, 0.717) is 11.1 Å². The van der Waals surface area contributed by atoms with Crippen molar-refractivity contribution in [3.05, 3.63) is 58.7 Å². The van der Waals surface area contributed by atoms with Gasteiger partial charge in [-0.05, 0) is 92.8 Å². The normalized spacial score (nSPS) is 17.7. The molecule has 9 heteroatoms. The molecule has 1 saturated heterocycles. The number of rotatable bonds is 6. The van der Waals surface area contributed by atoms with Crippen LogP contribution in [0.15, 0.2) is 30.5 Å². The maximum Gasteiger partial charge on any atom is 0.446 e. The number of carbonyl (C=O) groups is 2. The Bertz CT molecular complexity index is 1230. The predicted octanol–water partition coefficient (Wildman–Crippen LogP) is 6.38. The van der Waals surface area contributed by atoms with Gasteiger partial charge in [0.15, 0.2) is 5.82 Å². The number of allylic oxidation sites excluding steroid dienone is 2. The molecule has 2 aromatic rings. The quantitative estimate of drug-likeness (QED) is 0.347. The van der Waals surface area contributed by atoms with Crippen LogP contribution in [0.1, 0.15) is 92.8 Å². The zero-order chi connectivity index (χ0) is 28.1. The lowest BCUT2D eigenvalue weighted by Crippen LogP contribution is -2.39. The zero-order valence-corrected chi connectivity index (χ0v) is 22.4. The average Bonchev–Trinajstić information content (AvgIpc) is 3.57. The molecule has 0 bridgehead atoms. The number of nitrogens with one attached hydrogen (secondary N) is 1. The molecule has 204 valence electrons. The van der Waals surface area contributed by atoms with Gasteiger partial charge in [-0.3, -0.25) is 14.5 Å². The summed E-state index contributed by atoms with van der Waals surface area (Å²) in [5.41, 5.74) is 5.50. The van der Waals surface area contributed by atoms with Gasteiger partial charge in [0.05, 0.1) is 6.20 Å². The summed E-state index contributed by atoms with van der Waals surface area (Å²) in [6.45, 7) is 11.5. The number of nitrogens with zero attached hydrogens (tertiary/aromatic N) is 3. The van der Waals surface area contributed by atoms with Gasteiger partial charge in [0.25, 0.3) is 0 Å². The molecule has 6 nitrogen and oxygen atoms in total. The van der Waals surface area contributed by atoms with E-state index in [0.717, 1.165) is 37.9 Å². The first-order valence-corrected chi connectivity index (χ1v) is 12.8. The fraction of sp³-hybridized carbons (Fsp3) is 0.517. The third-order valence-corrected chi connectivity index (χ3v) is 7.48. The molecule has 1 N–H and O–H groups in total. The average molecular weight is 529 g/mol. The second kappa shape index (κ2) is 11.6. The SMILES string of the molecule is CC1(C)CC=C(c2cc(C(C)(C)N3CCCC3)ccc2CC(=O)c2ncc(C#N)[nH]2)CC1.O=CC(F)(F)F. The summed E-state index contributed by atoms with van der Waals surface area (Å²) >= 11 is 0. The second-order valence-corrected chi connectivity index (χ2v) is 11.2. The number of halogens is 3. The van der Waals surface area contributed by atoms with Crippen molar-refractivity contribution < 1.29 is 22.8 Å². The Morgan fingerprint density at radius 1 is 1.24 bits per heavy atom. The molecule has 1 aromatic heterocycles. The maximum atomic E-state index is 12.9. The number of aldehydes is 1. The van der Waals surface area contributed by atoms with E-state index in [9.17, 15) is 18.0 Å². The van der Waals surface area contributed by atoms with Crippen molar-refractivity contribution in [1.29, 1.82) is 5.26 Å². The van der Waals surface area contributed by atoms with Gasteiger partial charge in [-0.15, -0.1) is 0 Å². The molecule has 1 aliphatic carbocycles. The van der Waals surface area contributed by atoms with E-state index in [1.165, 1.54) is 35.7 Å². The molecule has 38 heavy (non-hydrogen) atoms. The summed E-state index contributed by atoms with van der Waals surface area (Å²) in [6, 6.07) is 8.66. The lowest BCUT2D eigenvalue weighted by atomic mass is 9.75. The van der Waals surface area contributed by atoms with Gasteiger partial charge >= 0.3 is 6.18 Å². The van der Waals surface area contributed by atoms with E-state index in [2.05, 4.69) is 66.8 Å². The molecule has 0 spiro atoms. The Kier molecular flexibility index (Phi) is 8.98. The van der Waals surface area contributed by atoms with Crippen molar-refractivity contribution >= 4 is 17.6 Å². The van der Waals surface area contributed by atoms with Crippen molar-refractivity contribution in [3.63, 3.8) is 0 Å². The summed E-state index contributed by atoms with van der Waals surface area (Å²) in [5.74, 6) is 0.170. The predicted molar refractivity (Wildman–Crippen MR) is 139 cm³/mol. The van der Waals surface area contributed by atoms with Crippen LogP contribution in [0.2, 0.25) is 0 Å². The summed E-state index contributed by atoms with van der Waals surface area (Å²) in [5, 5.41) is 9.03. The molecule has 1 aliphatic heterocycles. The monoisotopic (exact) mass is 528 g/mol. The molecule has 0 amide bonds. The van der Waals surface area contributed by atoms with Crippen molar-refractivity contribution in [2.45, 2.75) is 77.9 Å². The third kappa shape index (κ3) is 7.41. The van der Waals surface area contributed by atoms with Gasteiger partial charge in [-0.2, -0.15) is 18.4 Å². The van der Waals surface area contributed by atoms with Crippen LogP contribution in [-0.4, -0.2) is 46.2 Å². The van der Waals surface area contributed by atoms with Crippen LogP contribution in [0.5, 0.6) is 0 Å². The fourth-order valence-corrected chi connectivity index (χ4v) is 4.97. The van der Waals surface area contributed by atoms with Crippen LogP contribution in [0.3, 0.4) is 0 Å². The Balaban J connectivity index is 0.000000599. The molecule has 4 rings (SSSR count). The third-order valence-electron chi connectivity index (χ3n) is 7.48. The summed E-state index contributed by atoms with van der Waals surface area (Å²) in [4.78, 5) is 31.1. The van der Waals surface area contributed by atoms with Crippen LogP contribution < -0.4 is 0 Å². The van der Waals surface area contributed by atoms with E-state index < -0.39 is 12.5 Å². The Morgan fingerprint density at radius 3 is 2.42 bits per heavy atom. The number of H-pyrrole nitrogens is 1. The highest BCUT2D eigenvalue weighted by Gasteiger charge is 2.32. The molecular weight excluding hydrogens is 493 g/mol. The number of hydrogen-bond donors (Lipinski definition) is 1. The second-order valence-electron chi connectivity index (χ2n) is 11.2. The highest BCUT2D eigenvalue weighted by molar-refractivity contribution is 5.95. The number of likely N-dealkylation sites (tertiary alicyclic amines) is 1. The maximum absolute atomic E-state index is 12.9. The number of hydrogen-bond acceptors (Lipinski definition) is 5. The van der Waals surface area contributed by atoms with Crippen molar-refractivity contribution in [2.24, 2.45) is 5.41 Å². The molecule has 2 aliphatic rings. The minimum atomic E-state index is -4.64. The lowest BCUT2D eigenvalue weighted by Gasteiger charge is -2.37. The van der Waals surface area contributed by atoms with Gasteiger partial charge in [0.1, 0.15) is 11.8 Å². The first kappa shape index (κ1) is 29.3. The van der Waals surface area contributed by atoms with Crippen molar-refractivity contribution in [1.82, 2.24) is 14.9 Å². The van der Waals surface area contributed by atoms with Gasteiger partial charge in [0, 0.05) is 12.0 Å². The molecule has 2 heterocycles. The van der Waals surface area contributed by atoms with E-state index in [1.807, 2.05) is 6.07 Å². The first-order chi connectivity index (χ1) is 17.8. The lowest BCUT2D eigenvalue weighted by molar-refractivity contribution is -0.156. The van der Waals surface area contributed by atoms with Crippen molar-refractivity contribution in [2.75, 3.05) is 13.1 Å². The van der Waals surface area contributed by atoms with Crippen LogP contribution in [0.4, 0.5) is 13.2 Å². The van der Waals surface area contributed by atoms with Crippen LogP contribution in [0, 0.1) is 16.7 Å². The summed E-state index contributed by atoms with van der Waals surface area (Å²) < 4.78 is 31.2. The molecule has 1 fully saturated rings. The van der Waals surface area contributed by atoms with Gasteiger partial charge in [-0.1, -0.05) is 32.1 Å². The summed E-state index contributed by atoms with van der Waals surface area (Å²) in [6.07, 6.45) is 4.12. The number of aromatic nitrogens is 2. The molecule has 0 atom stereocenters. The van der Waals surface area contributed by atoms with Gasteiger partial charge < -0.3 is 4.98 Å². The van der Waals surface area contributed by atoms with Crippen LogP contribution in [-0.2, 0) is 16.8 Å². The van der Waals surface area contributed by atoms with Gasteiger partial charge in [-0.25, -0.2) is 4.98 Å². The Morgan fingerprint density at radius 2 is 1.89 bits per heavy atom. The van der Waals surface area contributed by atoms with E-state index >= 15 is 0 Å². The van der Waals surface area contributed by atoms with E-state index in [4.69, 9.17) is 10.1 Å². The minimum Gasteiger partial charge on any atom is -0.327 e. The topological polar surface area (TPSA) is 89.8 Å². The smallest absolute Gasteiger partial charge is 0.327 e. The number of Topliss-reactive ketones (excluding diaryl/α,β-unsaturated/α-hetero) is 1. The van der Waals surface area contributed by atoms with E-state index in [1.54, 1.807) is 0 Å². The minimum absolute atomic E-state index is 0.0367. The number of ketones is 1. The Hall–Kier alpha value is -3.25.